The topological polar surface area (TPSA) is 16.4 Å². The van der Waals surface area contributed by atoms with Gasteiger partial charge in [0.1, 0.15) is 11.2 Å². The van der Waals surface area contributed by atoms with Gasteiger partial charge in [0.15, 0.2) is 0 Å². The van der Waals surface area contributed by atoms with E-state index in [9.17, 15) is 0 Å². The van der Waals surface area contributed by atoms with Gasteiger partial charge in [-0.3, -0.25) is 0 Å². The minimum Gasteiger partial charge on any atom is -0.455 e. The summed E-state index contributed by atoms with van der Waals surface area (Å²) in [7, 11) is 0. The van der Waals surface area contributed by atoms with Crippen molar-refractivity contribution < 1.29 is 4.42 Å². The Morgan fingerprint density at radius 3 is 1.72 bits per heavy atom. The molecule has 2 nitrogen and oxygen atoms in total. The number of anilines is 3. The number of benzene rings is 9. The highest BCUT2D eigenvalue weighted by molar-refractivity contribution is 6.23. The van der Waals surface area contributed by atoms with E-state index >= 15 is 0 Å². The third-order valence-corrected chi connectivity index (χ3v) is 10.0. The van der Waals surface area contributed by atoms with Gasteiger partial charge < -0.3 is 9.32 Å². The lowest BCUT2D eigenvalue weighted by molar-refractivity contribution is 0.673. The van der Waals surface area contributed by atoms with Gasteiger partial charge in [-0.2, -0.15) is 0 Å². The zero-order chi connectivity index (χ0) is 33.0. The van der Waals surface area contributed by atoms with Crippen molar-refractivity contribution in [3.8, 4) is 22.3 Å². The first kappa shape index (κ1) is 28.4. The molecule has 50 heavy (non-hydrogen) atoms. The van der Waals surface area contributed by atoms with Gasteiger partial charge in [-0.05, 0) is 86.3 Å². The van der Waals surface area contributed by atoms with Crippen molar-refractivity contribution in [3.05, 3.63) is 188 Å². The zero-order valence-corrected chi connectivity index (χ0v) is 27.3. The Morgan fingerprint density at radius 2 is 0.920 bits per heavy atom. The summed E-state index contributed by atoms with van der Waals surface area (Å²) in [6.07, 6.45) is 0. The lowest BCUT2D eigenvalue weighted by Crippen LogP contribution is -2.10. The van der Waals surface area contributed by atoms with Crippen LogP contribution in [0.2, 0.25) is 0 Å². The van der Waals surface area contributed by atoms with Crippen LogP contribution in [0.5, 0.6) is 0 Å². The molecule has 0 unspecified atom stereocenters. The average molecular weight is 638 g/mol. The Bertz CT molecular complexity index is 2840. The molecule has 0 amide bonds. The second-order valence-corrected chi connectivity index (χ2v) is 12.9. The van der Waals surface area contributed by atoms with Crippen LogP contribution < -0.4 is 4.90 Å². The van der Waals surface area contributed by atoms with Crippen LogP contribution in [0, 0.1) is 0 Å². The van der Waals surface area contributed by atoms with Gasteiger partial charge in [0.2, 0.25) is 0 Å². The predicted octanol–water partition coefficient (Wildman–Crippen LogP) is 13.8. The van der Waals surface area contributed by atoms with Gasteiger partial charge in [0, 0.05) is 32.9 Å². The van der Waals surface area contributed by atoms with E-state index in [1.54, 1.807) is 0 Å². The van der Waals surface area contributed by atoms with Crippen LogP contribution in [0.1, 0.15) is 0 Å². The van der Waals surface area contributed by atoms with Crippen LogP contribution in [0.4, 0.5) is 17.1 Å². The molecule has 0 bridgehead atoms. The Morgan fingerprint density at radius 1 is 0.340 bits per heavy atom. The Labute approximate surface area is 290 Å². The monoisotopic (exact) mass is 637 g/mol. The minimum absolute atomic E-state index is 0.918. The molecule has 9 aromatic carbocycles. The standard InChI is InChI=1S/C48H31NO/c1-2-9-32(10-3-1)33-17-19-34(20-18-33)35-23-26-39(27-24-35)49(45-15-8-12-36-11-4-5-13-41(36)45)40-28-30-42-38(31-40)22-21-37-25-29-44-43-14-6-7-16-46(43)50-48(44)47(37)42/h1-31H. The van der Waals surface area contributed by atoms with Gasteiger partial charge in [-0.15, -0.1) is 0 Å². The molecule has 0 aliphatic heterocycles. The maximum atomic E-state index is 6.50. The Balaban J connectivity index is 1.11. The minimum atomic E-state index is 0.918. The highest BCUT2D eigenvalue weighted by Gasteiger charge is 2.18. The molecule has 1 heterocycles. The molecule has 10 rings (SSSR count). The molecular weight excluding hydrogens is 607 g/mol. The molecule has 0 saturated carbocycles. The van der Waals surface area contributed by atoms with E-state index < -0.39 is 0 Å². The van der Waals surface area contributed by atoms with Gasteiger partial charge in [-0.25, -0.2) is 0 Å². The largest absolute Gasteiger partial charge is 0.455 e. The molecule has 0 N–H and O–H groups in total. The number of rotatable bonds is 5. The first-order chi connectivity index (χ1) is 24.8. The molecule has 0 fully saturated rings. The molecule has 0 saturated heterocycles. The number of hydrogen-bond donors (Lipinski definition) is 0. The van der Waals surface area contributed by atoms with Crippen molar-refractivity contribution in [2.24, 2.45) is 0 Å². The van der Waals surface area contributed by atoms with Gasteiger partial charge in [0.05, 0.1) is 5.69 Å². The van der Waals surface area contributed by atoms with Crippen LogP contribution in [-0.4, -0.2) is 0 Å². The van der Waals surface area contributed by atoms with E-state index in [-0.39, 0.29) is 0 Å². The maximum Gasteiger partial charge on any atom is 0.143 e. The summed E-state index contributed by atoms with van der Waals surface area (Å²) in [6, 6.07) is 67.5. The second-order valence-electron chi connectivity index (χ2n) is 12.9. The number of hydrogen-bond acceptors (Lipinski definition) is 2. The number of fused-ring (bicyclic) bond motifs is 8. The van der Waals surface area contributed by atoms with Crippen LogP contribution in [0.3, 0.4) is 0 Å². The summed E-state index contributed by atoms with van der Waals surface area (Å²) in [5.41, 5.74) is 10.0. The maximum absolute atomic E-state index is 6.50. The van der Waals surface area contributed by atoms with Crippen molar-refractivity contribution in [3.63, 3.8) is 0 Å². The molecular formula is C48H31NO. The van der Waals surface area contributed by atoms with Crippen LogP contribution in [0.25, 0.3) is 76.5 Å². The molecule has 0 aliphatic rings. The Kier molecular flexibility index (Phi) is 6.53. The van der Waals surface area contributed by atoms with E-state index in [2.05, 4.69) is 187 Å². The summed E-state index contributed by atoms with van der Waals surface area (Å²) < 4.78 is 6.50. The fraction of sp³-hybridized carbons (Fsp3) is 0. The summed E-state index contributed by atoms with van der Waals surface area (Å²) in [5, 5.41) is 9.40. The van der Waals surface area contributed by atoms with Crippen LogP contribution in [-0.2, 0) is 0 Å². The van der Waals surface area contributed by atoms with E-state index in [4.69, 9.17) is 4.42 Å². The SMILES string of the molecule is c1ccc(-c2ccc(-c3ccc(N(c4ccc5c(ccc6ccc7c8ccccc8oc7c65)c4)c4cccc5ccccc45)cc3)cc2)cc1. The Hall–Kier alpha value is -6.64. The normalized spacial score (nSPS) is 11.6. The number of para-hydroxylation sites is 1. The molecule has 0 aliphatic carbocycles. The first-order valence-corrected chi connectivity index (χ1v) is 17.1. The summed E-state index contributed by atoms with van der Waals surface area (Å²) in [4.78, 5) is 2.38. The highest BCUT2D eigenvalue weighted by atomic mass is 16.3. The van der Waals surface area contributed by atoms with Crippen LogP contribution in [0.15, 0.2) is 192 Å². The van der Waals surface area contributed by atoms with Gasteiger partial charge in [0.25, 0.3) is 0 Å². The van der Waals surface area contributed by atoms with E-state index in [1.807, 2.05) is 6.07 Å². The van der Waals surface area contributed by atoms with Crippen molar-refractivity contribution in [1.82, 2.24) is 0 Å². The van der Waals surface area contributed by atoms with Gasteiger partial charge in [-0.1, -0.05) is 146 Å². The lowest BCUT2D eigenvalue weighted by Gasteiger charge is -2.27. The molecule has 1 aromatic heterocycles. The van der Waals surface area contributed by atoms with Crippen LogP contribution >= 0.6 is 0 Å². The zero-order valence-electron chi connectivity index (χ0n) is 27.3. The van der Waals surface area contributed by atoms with Gasteiger partial charge >= 0.3 is 0 Å². The predicted molar refractivity (Wildman–Crippen MR) is 212 cm³/mol. The third-order valence-electron chi connectivity index (χ3n) is 10.0. The molecule has 2 heteroatoms. The van der Waals surface area contributed by atoms with Crippen molar-refractivity contribution in [2.75, 3.05) is 4.90 Å². The third kappa shape index (κ3) is 4.65. The van der Waals surface area contributed by atoms with E-state index in [0.717, 1.165) is 44.4 Å². The second kappa shape index (κ2) is 11.5. The molecule has 0 spiro atoms. The number of nitrogens with zero attached hydrogens (tertiary/aromatic N) is 1. The van der Waals surface area contributed by atoms with Crippen molar-refractivity contribution in [1.29, 1.82) is 0 Å². The summed E-state index contributed by atoms with van der Waals surface area (Å²) >= 11 is 0. The van der Waals surface area contributed by atoms with E-state index in [1.165, 1.54) is 49.2 Å². The summed E-state index contributed by atoms with van der Waals surface area (Å²) in [5.74, 6) is 0. The quantitative estimate of drug-likeness (QED) is 0.175. The van der Waals surface area contributed by atoms with Crippen molar-refractivity contribution in [2.45, 2.75) is 0 Å². The molecule has 234 valence electrons. The smallest absolute Gasteiger partial charge is 0.143 e. The lowest BCUT2D eigenvalue weighted by atomic mass is 9.98. The molecule has 10 aromatic rings. The summed E-state index contributed by atoms with van der Waals surface area (Å²) in [6.45, 7) is 0. The van der Waals surface area contributed by atoms with Crippen molar-refractivity contribution >= 4 is 71.3 Å². The number of furan rings is 1. The molecule has 0 atom stereocenters. The average Bonchev–Trinajstić information content (AvgIpc) is 3.58. The first-order valence-electron chi connectivity index (χ1n) is 17.1. The molecule has 0 radical (unpaired) electrons. The highest BCUT2D eigenvalue weighted by Crippen LogP contribution is 2.43. The fourth-order valence-corrected chi connectivity index (χ4v) is 7.57. The fourth-order valence-electron chi connectivity index (χ4n) is 7.57. The van der Waals surface area contributed by atoms with E-state index in [0.29, 0.717) is 0 Å².